The average molecular weight is 381 g/mol. The summed E-state index contributed by atoms with van der Waals surface area (Å²) in [6.45, 7) is 9.90. The molecule has 2 rings (SSSR count). The van der Waals surface area contributed by atoms with E-state index in [4.69, 9.17) is 4.99 Å². The first-order valence-corrected chi connectivity index (χ1v) is 11.0. The molecule has 0 aromatic rings. The van der Waals surface area contributed by atoms with Gasteiger partial charge in [0.2, 0.25) is 5.91 Å². The summed E-state index contributed by atoms with van der Waals surface area (Å²) in [5, 5.41) is 16.2. The van der Waals surface area contributed by atoms with Gasteiger partial charge in [0, 0.05) is 44.7 Å². The largest absolute Gasteiger partial charge is 0.396 e. The standard InChI is InChI=1S/C21H40N4O2/c1-4-22-21(23-14-17(10-12-26)13-16(2)3)24-19-9-11-25(15-19)20(27)18-7-5-6-8-18/h16-19,26H,4-15H2,1-3H3,(H2,22,23,24). The SMILES string of the molecule is CCNC(=NCC(CCO)CC(C)C)NC1CCN(C(=O)C2CCCC2)C1. The molecule has 0 aromatic carbocycles. The summed E-state index contributed by atoms with van der Waals surface area (Å²) >= 11 is 0. The molecule has 27 heavy (non-hydrogen) atoms. The van der Waals surface area contributed by atoms with Gasteiger partial charge in [-0.25, -0.2) is 0 Å². The smallest absolute Gasteiger partial charge is 0.225 e. The second-order valence-corrected chi connectivity index (χ2v) is 8.62. The Morgan fingerprint density at radius 2 is 2.00 bits per heavy atom. The summed E-state index contributed by atoms with van der Waals surface area (Å²) in [7, 11) is 0. The van der Waals surface area contributed by atoms with Crippen molar-refractivity contribution in [3.05, 3.63) is 0 Å². The number of carbonyl (C=O) groups excluding carboxylic acids is 1. The third-order valence-corrected chi connectivity index (χ3v) is 5.74. The van der Waals surface area contributed by atoms with Crippen LogP contribution in [0.25, 0.3) is 0 Å². The fourth-order valence-electron chi connectivity index (χ4n) is 4.38. The summed E-state index contributed by atoms with van der Waals surface area (Å²) < 4.78 is 0. The molecule has 1 aliphatic heterocycles. The molecule has 1 amide bonds. The van der Waals surface area contributed by atoms with Crippen molar-refractivity contribution in [2.75, 3.05) is 32.8 Å². The lowest BCUT2D eigenvalue weighted by Crippen LogP contribution is -2.45. The van der Waals surface area contributed by atoms with Crippen LogP contribution in [-0.4, -0.2) is 60.7 Å². The third-order valence-electron chi connectivity index (χ3n) is 5.74. The molecular formula is C21H40N4O2. The van der Waals surface area contributed by atoms with E-state index < -0.39 is 0 Å². The Kier molecular flexibility index (Phi) is 9.39. The Labute approximate surface area is 165 Å². The van der Waals surface area contributed by atoms with Crippen molar-refractivity contribution in [3.8, 4) is 0 Å². The Morgan fingerprint density at radius 1 is 1.26 bits per heavy atom. The molecule has 1 saturated carbocycles. The number of likely N-dealkylation sites (tertiary alicyclic amines) is 1. The van der Waals surface area contributed by atoms with Gasteiger partial charge in [0.15, 0.2) is 5.96 Å². The van der Waals surface area contributed by atoms with Gasteiger partial charge in [-0.15, -0.1) is 0 Å². The van der Waals surface area contributed by atoms with E-state index in [9.17, 15) is 9.90 Å². The molecule has 1 aliphatic carbocycles. The van der Waals surface area contributed by atoms with Gasteiger partial charge < -0.3 is 20.6 Å². The van der Waals surface area contributed by atoms with Gasteiger partial charge in [-0.2, -0.15) is 0 Å². The van der Waals surface area contributed by atoms with E-state index in [1.807, 2.05) is 4.90 Å². The second kappa shape index (κ2) is 11.5. The highest BCUT2D eigenvalue weighted by Gasteiger charge is 2.32. The van der Waals surface area contributed by atoms with Crippen LogP contribution in [0, 0.1) is 17.8 Å². The van der Waals surface area contributed by atoms with Crippen LogP contribution >= 0.6 is 0 Å². The molecule has 2 fully saturated rings. The minimum Gasteiger partial charge on any atom is -0.396 e. The van der Waals surface area contributed by atoms with Gasteiger partial charge in [0.05, 0.1) is 0 Å². The van der Waals surface area contributed by atoms with Crippen LogP contribution in [0.5, 0.6) is 0 Å². The molecular weight excluding hydrogens is 340 g/mol. The normalized spacial score (nSPS) is 22.5. The molecule has 6 nitrogen and oxygen atoms in total. The van der Waals surface area contributed by atoms with Crippen LogP contribution in [0.2, 0.25) is 0 Å². The maximum atomic E-state index is 12.6. The van der Waals surface area contributed by atoms with Crippen molar-refractivity contribution in [1.29, 1.82) is 0 Å². The highest BCUT2D eigenvalue weighted by molar-refractivity contribution is 5.81. The van der Waals surface area contributed by atoms with E-state index in [2.05, 4.69) is 31.4 Å². The molecule has 156 valence electrons. The van der Waals surface area contributed by atoms with Gasteiger partial charge in [0.1, 0.15) is 0 Å². The molecule has 1 heterocycles. The van der Waals surface area contributed by atoms with E-state index >= 15 is 0 Å². The summed E-state index contributed by atoms with van der Waals surface area (Å²) in [5.41, 5.74) is 0. The zero-order valence-electron chi connectivity index (χ0n) is 17.5. The van der Waals surface area contributed by atoms with Gasteiger partial charge in [-0.1, -0.05) is 26.7 Å². The number of aliphatic hydroxyl groups excluding tert-OH is 1. The Morgan fingerprint density at radius 3 is 2.63 bits per heavy atom. The van der Waals surface area contributed by atoms with Crippen molar-refractivity contribution < 1.29 is 9.90 Å². The second-order valence-electron chi connectivity index (χ2n) is 8.62. The van der Waals surface area contributed by atoms with Gasteiger partial charge in [-0.3, -0.25) is 9.79 Å². The maximum absolute atomic E-state index is 12.6. The first-order chi connectivity index (χ1) is 13.0. The van der Waals surface area contributed by atoms with Crippen molar-refractivity contribution in [2.45, 2.75) is 71.8 Å². The average Bonchev–Trinajstić information content (AvgIpc) is 3.31. The minimum absolute atomic E-state index is 0.220. The molecule has 0 bridgehead atoms. The Hall–Kier alpha value is -1.30. The van der Waals surface area contributed by atoms with Crippen LogP contribution in [-0.2, 0) is 4.79 Å². The van der Waals surface area contributed by atoms with Crippen LogP contribution < -0.4 is 10.6 Å². The number of aliphatic hydroxyl groups is 1. The number of guanidine groups is 1. The fourth-order valence-corrected chi connectivity index (χ4v) is 4.38. The molecule has 0 spiro atoms. The zero-order valence-corrected chi connectivity index (χ0v) is 17.5. The minimum atomic E-state index is 0.220. The number of rotatable bonds is 9. The Bertz CT molecular complexity index is 475. The van der Waals surface area contributed by atoms with E-state index in [-0.39, 0.29) is 18.6 Å². The Balaban J connectivity index is 1.86. The molecule has 6 heteroatoms. The van der Waals surface area contributed by atoms with Crippen molar-refractivity contribution in [3.63, 3.8) is 0 Å². The van der Waals surface area contributed by atoms with Gasteiger partial charge in [0.25, 0.3) is 0 Å². The van der Waals surface area contributed by atoms with Crippen molar-refractivity contribution in [2.24, 2.45) is 22.7 Å². The van der Waals surface area contributed by atoms with Crippen molar-refractivity contribution in [1.82, 2.24) is 15.5 Å². The predicted octanol–water partition coefficient (Wildman–Crippen LogP) is 2.38. The lowest BCUT2D eigenvalue weighted by atomic mass is 9.94. The predicted molar refractivity (Wildman–Crippen MR) is 111 cm³/mol. The lowest BCUT2D eigenvalue weighted by molar-refractivity contribution is -0.134. The van der Waals surface area contributed by atoms with Gasteiger partial charge in [-0.05, 0) is 50.9 Å². The number of nitrogens with zero attached hydrogens (tertiary/aromatic N) is 2. The number of aliphatic imine (C=N–C) groups is 1. The molecule has 2 unspecified atom stereocenters. The quantitative estimate of drug-likeness (QED) is 0.424. The van der Waals surface area contributed by atoms with Crippen LogP contribution in [0.3, 0.4) is 0 Å². The van der Waals surface area contributed by atoms with E-state index in [0.717, 1.165) is 64.2 Å². The number of nitrogens with one attached hydrogen (secondary N) is 2. The number of amides is 1. The summed E-state index contributed by atoms with van der Waals surface area (Å²) in [5.74, 6) is 2.48. The number of hydrogen-bond acceptors (Lipinski definition) is 3. The topological polar surface area (TPSA) is 77.0 Å². The van der Waals surface area contributed by atoms with Crippen LogP contribution in [0.4, 0.5) is 0 Å². The molecule has 1 saturated heterocycles. The van der Waals surface area contributed by atoms with Gasteiger partial charge >= 0.3 is 0 Å². The lowest BCUT2D eigenvalue weighted by Gasteiger charge is -2.22. The molecule has 0 radical (unpaired) electrons. The third kappa shape index (κ3) is 7.32. The first kappa shape index (κ1) is 22.0. The van der Waals surface area contributed by atoms with Crippen molar-refractivity contribution >= 4 is 11.9 Å². The summed E-state index contributed by atoms with van der Waals surface area (Å²) in [6.07, 6.45) is 7.40. The molecule has 0 aromatic heterocycles. The highest BCUT2D eigenvalue weighted by Crippen LogP contribution is 2.27. The first-order valence-electron chi connectivity index (χ1n) is 11.0. The number of hydrogen-bond donors (Lipinski definition) is 3. The number of carbonyl (C=O) groups is 1. The van der Waals surface area contributed by atoms with Crippen LogP contribution in [0.1, 0.15) is 65.7 Å². The van der Waals surface area contributed by atoms with E-state index in [1.54, 1.807) is 0 Å². The molecule has 2 aliphatic rings. The van der Waals surface area contributed by atoms with Crippen LogP contribution in [0.15, 0.2) is 4.99 Å². The van der Waals surface area contributed by atoms with E-state index in [0.29, 0.717) is 17.7 Å². The summed E-state index contributed by atoms with van der Waals surface area (Å²) in [4.78, 5) is 19.4. The zero-order chi connectivity index (χ0) is 19.6. The highest BCUT2D eigenvalue weighted by atomic mass is 16.3. The fraction of sp³-hybridized carbons (Fsp3) is 0.905. The monoisotopic (exact) mass is 380 g/mol. The molecule has 2 atom stereocenters. The van der Waals surface area contributed by atoms with E-state index in [1.165, 1.54) is 12.8 Å². The maximum Gasteiger partial charge on any atom is 0.225 e. The summed E-state index contributed by atoms with van der Waals surface area (Å²) in [6, 6.07) is 0.273. The molecule has 3 N–H and O–H groups in total.